The first-order valence-corrected chi connectivity index (χ1v) is 7.76. The maximum absolute atomic E-state index is 11.3. The minimum atomic E-state index is -3.05. The second kappa shape index (κ2) is 4.58. The van der Waals surface area contributed by atoms with Crippen LogP contribution in [0.4, 0.5) is 0 Å². The van der Waals surface area contributed by atoms with Gasteiger partial charge < -0.3 is 0 Å². The highest BCUT2D eigenvalue weighted by Crippen LogP contribution is 2.32. The average molecular weight is 238 g/mol. The SMILES string of the molecule is CS(=O)(=O)c1ccc(C2CCCCC2)cc1. The Labute approximate surface area is 97.6 Å². The summed E-state index contributed by atoms with van der Waals surface area (Å²) in [5, 5.41) is 0. The molecule has 0 amide bonds. The molecular weight excluding hydrogens is 220 g/mol. The van der Waals surface area contributed by atoms with Crippen LogP contribution < -0.4 is 0 Å². The third-order valence-electron chi connectivity index (χ3n) is 3.38. The van der Waals surface area contributed by atoms with Crippen LogP contribution in [0.1, 0.15) is 43.6 Å². The first-order chi connectivity index (χ1) is 7.57. The first-order valence-electron chi connectivity index (χ1n) is 5.87. The first kappa shape index (κ1) is 11.6. The van der Waals surface area contributed by atoms with Crippen LogP contribution >= 0.6 is 0 Å². The molecule has 1 aliphatic carbocycles. The van der Waals surface area contributed by atoms with Crippen molar-refractivity contribution in [2.75, 3.05) is 6.26 Å². The summed E-state index contributed by atoms with van der Waals surface area (Å²) in [7, 11) is -3.05. The van der Waals surface area contributed by atoms with Crippen LogP contribution in [0.25, 0.3) is 0 Å². The summed E-state index contributed by atoms with van der Waals surface area (Å²) >= 11 is 0. The quantitative estimate of drug-likeness (QED) is 0.793. The molecule has 3 heteroatoms. The van der Waals surface area contributed by atoms with Gasteiger partial charge in [0.2, 0.25) is 0 Å². The lowest BCUT2D eigenvalue weighted by molar-refractivity contribution is 0.443. The smallest absolute Gasteiger partial charge is 0.175 e. The van der Waals surface area contributed by atoms with Gasteiger partial charge in [-0.3, -0.25) is 0 Å². The van der Waals surface area contributed by atoms with E-state index in [-0.39, 0.29) is 0 Å². The van der Waals surface area contributed by atoms with Crippen LogP contribution in [0.15, 0.2) is 29.2 Å². The van der Waals surface area contributed by atoms with Crippen LogP contribution in [0.3, 0.4) is 0 Å². The lowest BCUT2D eigenvalue weighted by atomic mass is 9.84. The Morgan fingerprint density at radius 2 is 1.56 bits per heavy atom. The van der Waals surface area contributed by atoms with Crippen molar-refractivity contribution in [3.63, 3.8) is 0 Å². The normalized spacial score (nSPS) is 18.6. The Morgan fingerprint density at radius 3 is 2.06 bits per heavy atom. The van der Waals surface area contributed by atoms with Gasteiger partial charge in [0.25, 0.3) is 0 Å². The van der Waals surface area contributed by atoms with Crippen LogP contribution in [-0.2, 0) is 9.84 Å². The highest BCUT2D eigenvalue weighted by molar-refractivity contribution is 7.90. The van der Waals surface area contributed by atoms with Crippen LogP contribution in [-0.4, -0.2) is 14.7 Å². The summed E-state index contributed by atoms with van der Waals surface area (Å²) in [6.07, 6.45) is 7.70. The zero-order chi connectivity index (χ0) is 11.6. The van der Waals surface area contributed by atoms with Gasteiger partial charge in [-0.2, -0.15) is 0 Å². The van der Waals surface area contributed by atoms with Crippen molar-refractivity contribution < 1.29 is 8.42 Å². The molecule has 2 rings (SSSR count). The molecule has 1 saturated carbocycles. The minimum absolute atomic E-state index is 0.423. The van der Waals surface area contributed by atoms with E-state index in [0.29, 0.717) is 10.8 Å². The predicted molar refractivity (Wildman–Crippen MR) is 65.4 cm³/mol. The largest absolute Gasteiger partial charge is 0.224 e. The molecule has 0 N–H and O–H groups in total. The van der Waals surface area contributed by atoms with Gasteiger partial charge in [-0.15, -0.1) is 0 Å². The third-order valence-corrected chi connectivity index (χ3v) is 4.51. The van der Waals surface area contributed by atoms with E-state index in [4.69, 9.17) is 0 Å². The van der Waals surface area contributed by atoms with E-state index in [0.717, 1.165) is 0 Å². The summed E-state index contributed by atoms with van der Waals surface area (Å²) in [5.74, 6) is 0.641. The molecule has 88 valence electrons. The highest BCUT2D eigenvalue weighted by atomic mass is 32.2. The topological polar surface area (TPSA) is 34.1 Å². The monoisotopic (exact) mass is 238 g/mol. The third kappa shape index (κ3) is 2.64. The molecule has 0 radical (unpaired) electrons. The van der Waals surface area contributed by atoms with E-state index < -0.39 is 9.84 Å². The van der Waals surface area contributed by atoms with E-state index >= 15 is 0 Å². The summed E-state index contributed by atoms with van der Waals surface area (Å²) in [5.41, 5.74) is 1.30. The van der Waals surface area contributed by atoms with Crippen molar-refractivity contribution in [2.24, 2.45) is 0 Å². The molecule has 1 aliphatic rings. The maximum atomic E-state index is 11.3. The van der Waals surface area contributed by atoms with Crippen molar-refractivity contribution in [1.82, 2.24) is 0 Å². The molecule has 0 aliphatic heterocycles. The zero-order valence-corrected chi connectivity index (χ0v) is 10.5. The molecule has 2 nitrogen and oxygen atoms in total. The molecule has 0 spiro atoms. The molecular formula is C13H18O2S. The van der Waals surface area contributed by atoms with Crippen molar-refractivity contribution >= 4 is 9.84 Å². The van der Waals surface area contributed by atoms with Crippen molar-refractivity contribution in [3.05, 3.63) is 29.8 Å². The fourth-order valence-electron chi connectivity index (χ4n) is 2.42. The number of sulfone groups is 1. The minimum Gasteiger partial charge on any atom is -0.224 e. The number of rotatable bonds is 2. The Bertz CT molecular complexity index is 439. The van der Waals surface area contributed by atoms with Gasteiger partial charge in [0.1, 0.15) is 0 Å². The summed E-state index contributed by atoms with van der Waals surface area (Å²) in [4.78, 5) is 0.423. The molecule has 0 unspecified atom stereocenters. The van der Waals surface area contributed by atoms with Gasteiger partial charge in [0, 0.05) is 6.26 Å². The van der Waals surface area contributed by atoms with E-state index in [9.17, 15) is 8.42 Å². The molecule has 1 aromatic carbocycles. The summed E-state index contributed by atoms with van der Waals surface area (Å²) in [6, 6.07) is 7.43. The number of hydrogen-bond acceptors (Lipinski definition) is 2. The molecule has 16 heavy (non-hydrogen) atoms. The Morgan fingerprint density at radius 1 is 1.00 bits per heavy atom. The number of benzene rings is 1. The van der Waals surface area contributed by atoms with Gasteiger partial charge in [-0.05, 0) is 36.5 Å². The van der Waals surface area contributed by atoms with E-state index in [1.165, 1.54) is 43.9 Å². The lowest BCUT2D eigenvalue weighted by Crippen LogP contribution is -2.05. The van der Waals surface area contributed by atoms with Gasteiger partial charge in [0.05, 0.1) is 4.90 Å². The second-order valence-corrected chi connectivity index (χ2v) is 6.69. The molecule has 1 aromatic rings. The number of hydrogen-bond donors (Lipinski definition) is 0. The Balaban J connectivity index is 2.18. The zero-order valence-electron chi connectivity index (χ0n) is 9.65. The Hall–Kier alpha value is -0.830. The Kier molecular flexibility index (Phi) is 3.33. The van der Waals surface area contributed by atoms with Crippen molar-refractivity contribution in [3.8, 4) is 0 Å². The summed E-state index contributed by atoms with van der Waals surface area (Å²) < 4.78 is 22.6. The molecule has 0 aromatic heterocycles. The van der Waals surface area contributed by atoms with Crippen LogP contribution in [0.2, 0.25) is 0 Å². The summed E-state index contributed by atoms with van der Waals surface area (Å²) in [6.45, 7) is 0. The van der Waals surface area contributed by atoms with E-state index in [1.807, 2.05) is 12.1 Å². The van der Waals surface area contributed by atoms with Crippen LogP contribution in [0, 0.1) is 0 Å². The van der Waals surface area contributed by atoms with E-state index in [2.05, 4.69) is 0 Å². The fourth-order valence-corrected chi connectivity index (χ4v) is 3.05. The molecule has 0 heterocycles. The fraction of sp³-hybridized carbons (Fsp3) is 0.538. The van der Waals surface area contributed by atoms with Crippen molar-refractivity contribution in [2.45, 2.75) is 42.9 Å². The molecule has 1 fully saturated rings. The van der Waals surface area contributed by atoms with Crippen LogP contribution in [0.5, 0.6) is 0 Å². The maximum Gasteiger partial charge on any atom is 0.175 e. The predicted octanol–water partition coefficient (Wildman–Crippen LogP) is 3.14. The van der Waals surface area contributed by atoms with Gasteiger partial charge in [-0.25, -0.2) is 8.42 Å². The second-order valence-electron chi connectivity index (χ2n) is 4.68. The lowest BCUT2D eigenvalue weighted by Gasteiger charge is -2.21. The standard InChI is InChI=1S/C13H18O2S/c1-16(14,15)13-9-7-12(8-10-13)11-5-3-2-4-6-11/h7-11H,2-6H2,1H3. The average Bonchev–Trinajstić information content (AvgIpc) is 2.29. The van der Waals surface area contributed by atoms with Gasteiger partial charge in [0.15, 0.2) is 9.84 Å². The molecule has 0 atom stereocenters. The highest BCUT2D eigenvalue weighted by Gasteiger charge is 2.16. The van der Waals surface area contributed by atoms with Gasteiger partial charge in [-0.1, -0.05) is 31.4 Å². The van der Waals surface area contributed by atoms with E-state index in [1.54, 1.807) is 12.1 Å². The molecule has 0 saturated heterocycles. The van der Waals surface area contributed by atoms with Crippen molar-refractivity contribution in [1.29, 1.82) is 0 Å². The van der Waals surface area contributed by atoms with Gasteiger partial charge >= 0.3 is 0 Å². The molecule has 0 bridgehead atoms.